The molecule has 1 aromatic carbocycles. The minimum atomic E-state index is -3.78. The Hall–Kier alpha value is -2.04. The third kappa shape index (κ3) is 4.59. The van der Waals surface area contributed by atoms with Crippen molar-refractivity contribution in [3.63, 3.8) is 0 Å². The topological polar surface area (TPSA) is 95.0 Å². The van der Waals surface area contributed by atoms with Gasteiger partial charge in [-0.1, -0.05) is 18.2 Å². The molecule has 1 aromatic heterocycles. The third-order valence-electron chi connectivity index (χ3n) is 5.42. The molecule has 156 valence electrons. The molecule has 1 saturated heterocycles. The van der Waals surface area contributed by atoms with Crippen LogP contribution in [0.3, 0.4) is 0 Å². The molecule has 0 saturated carbocycles. The van der Waals surface area contributed by atoms with E-state index in [2.05, 4.69) is 19.5 Å². The zero-order valence-corrected chi connectivity index (χ0v) is 17.1. The summed E-state index contributed by atoms with van der Waals surface area (Å²) in [5.41, 5.74) is 0.975. The highest BCUT2D eigenvalue weighted by Crippen LogP contribution is 2.29. The normalized spacial score (nSPS) is 28.0. The van der Waals surface area contributed by atoms with Crippen molar-refractivity contribution in [2.24, 2.45) is 0 Å². The van der Waals surface area contributed by atoms with Crippen molar-refractivity contribution in [1.29, 1.82) is 0 Å². The van der Waals surface area contributed by atoms with Crippen molar-refractivity contribution >= 4 is 10.0 Å². The van der Waals surface area contributed by atoms with Crippen molar-refractivity contribution in [3.8, 4) is 5.75 Å². The number of aromatic nitrogens is 1. The number of aliphatic hydroxyl groups is 1. The van der Waals surface area contributed by atoms with Crippen LogP contribution in [0.15, 0.2) is 53.6 Å². The lowest BCUT2D eigenvalue weighted by Crippen LogP contribution is -2.47. The molecule has 3 atom stereocenters. The number of para-hydroxylation sites is 1. The van der Waals surface area contributed by atoms with E-state index in [-0.39, 0.29) is 23.6 Å². The van der Waals surface area contributed by atoms with Gasteiger partial charge in [-0.3, -0.25) is 14.8 Å². The molecule has 1 fully saturated rings. The van der Waals surface area contributed by atoms with Crippen LogP contribution >= 0.6 is 0 Å². The Kier molecular flexibility index (Phi) is 5.84. The summed E-state index contributed by atoms with van der Waals surface area (Å²) in [5.74, 6) is 0.333. The summed E-state index contributed by atoms with van der Waals surface area (Å²) in [7, 11) is -1.84. The van der Waals surface area contributed by atoms with Gasteiger partial charge in [0.2, 0.25) is 10.0 Å². The fourth-order valence-electron chi connectivity index (χ4n) is 3.97. The molecule has 0 amide bonds. The van der Waals surface area contributed by atoms with Gasteiger partial charge in [0.25, 0.3) is 0 Å². The predicted octanol–water partition coefficient (Wildman–Crippen LogP) is 0.298. The summed E-state index contributed by atoms with van der Waals surface area (Å²) in [5, 5.41) is 10.4. The number of rotatable bonds is 2. The number of nitrogens with one attached hydrogen (secondary N) is 1. The van der Waals surface area contributed by atoms with E-state index in [0.717, 1.165) is 12.2 Å². The van der Waals surface area contributed by atoms with Gasteiger partial charge in [0.15, 0.2) is 0 Å². The van der Waals surface area contributed by atoms with Gasteiger partial charge in [-0.05, 0) is 31.3 Å². The second kappa shape index (κ2) is 8.37. The second-order valence-corrected chi connectivity index (χ2v) is 9.37. The predicted molar refractivity (Wildman–Crippen MR) is 108 cm³/mol. The number of hydrogen-bond acceptors (Lipinski definition) is 7. The summed E-state index contributed by atoms with van der Waals surface area (Å²) in [6.45, 7) is 2.38. The Morgan fingerprint density at radius 1 is 1.17 bits per heavy atom. The van der Waals surface area contributed by atoms with E-state index in [0.29, 0.717) is 25.4 Å². The Morgan fingerprint density at radius 3 is 2.76 bits per heavy atom. The molecule has 9 heteroatoms. The molecule has 8 nitrogen and oxygen atoms in total. The van der Waals surface area contributed by atoms with Crippen molar-refractivity contribution in [2.45, 2.75) is 29.7 Å². The first-order chi connectivity index (χ1) is 13.9. The van der Waals surface area contributed by atoms with Crippen LogP contribution in [0.25, 0.3) is 0 Å². The molecule has 2 N–H and O–H groups in total. The molecular formula is C20H26N4O4S. The van der Waals surface area contributed by atoms with Crippen LogP contribution in [0.1, 0.15) is 5.69 Å². The largest absolute Gasteiger partial charge is 0.486 e. The van der Waals surface area contributed by atoms with E-state index in [4.69, 9.17) is 4.74 Å². The number of aliphatic hydroxyl groups excluding tert-OH is 1. The lowest BCUT2D eigenvalue weighted by atomic mass is 10.1. The highest BCUT2D eigenvalue weighted by atomic mass is 32.2. The lowest BCUT2D eigenvalue weighted by Gasteiger charge is -2.30. The van der Waals surface area contributed by atoms with E-state index in [1.807, 2.05) is 25.2 Å². The van der Waals surface area contributed by atoms with Gasteiger partial charge in [0.05, 0.1) is 17.8 Å². The lowest BCUT2D eigenvalue weighted by molar-refractivity contribution is 0.0713. The van der Waals surface area contributed by atoms with Crippen LogP contribution in [-0.4, -0.2) is 79.8 Å². The molecule has 0 unspecified atom stereocenters. The number of benzene rings is 1. The van der Waals surface area contributed by atoms with E-state index >= 15 is 0 Å². The van der Waals surface area contributed by atoms with Crippen LogP contribution in [0.5, 0.6) is 5.75 Å². The monoisotopic (exact) mass is 418 g/mol. The Balaban J connectivity index is 1.63. The molecule has 0 spiro atoms. The summed E-state index contributed by atoms with van der Waals surface area (Å²) in [4.78, 5) is 8.80. The van der Waals surface area contributed by atoms with Crippen LogP contribution in [0.2, 0.25) is 0 Å². The number of pyridine rings is 1. The van der Waals surface area contributed by atoms with Gasteiger partial charge < -0.3 is 9.84 Å². The van der Waals surface area contributed by atoms with Gasteiger partial charge >= 0.3 is 0 Å². The number of hydrogen-bond donors (Lipinski definition) is 2. The minimum Gasteiger partial charge on any atom is -0.486 e. The Bertz CT molecular complexity index is 941. The third-order valence-corrected chi connectivity index (χ3v) is 6.88. The molecule has 2 aliphatic rings. The molecular weight excluding hydrogens is 392 g/mol. The van der Waals surface area contributed by atoms with E-state index < -0.39 is 16.1 Å². The van der Waals surface area contributed by atoms with Gasteiger partial charge in [-0.15, -0.1) is 0 Å². The number of likely N-dealkylation sites (N-methyl/N-ethyl adjacent to an activating group) is 1. The average Bonchev–Trinajstić information content (AvgIpc) is 3.09. The maximum Gasteiger partial charge on any atom is 0.244 e. The van der Waals surface area contributed by atoms with Crippen LogP contribution in [0, 0.1) is 0 Å². The zero-order chi connectivity index (χ0) is 20.4. The maximum atomic E-state index is 12.7. The highest BCUT2D eigenvalue weighted by molar-refractivity contribution is 7.89. The Morgan fingerprint density at radius 2 is 1.97 bits per heavy atom. The van der Waals surface area contributed by atoms with Crippen molar-refractivity contribution in [3.05, 3.63) is 54.4 Å². The first kappa shape index (κ1) is 20.2. The van der Waals surface area contributed by atoms with E-state index in [1.54, 1.807) is 24.4 Å². The Labute approximate surface area is 171 Å². The SMILES string of the molecule is CN1C[C@@H](O)CNS(=O)(=O)c2ccccc2O[C@H]2CN(Cc3ccccn3)C[C@H]21. The number of sulfonamides is 1. The van der Waals surface area contributed by atoms with Crippen LogP contribution in [0.4, 0.5) is 0 Å². The van der Waals surface area contributed by atoms with Crippen molar-refractivity contribution < 1.29 is 18.3 Å². The molecule has 0 aliphatic carbocycles. The molecule has 4 rings (SSSR count). The molecule has 2 aliphatic heterocycles. The van der Waals surface area contributed by atoms with Gasteiger partial charge in [0.1, 0.15) is 16.7 Å². The fourth-order valence-corrected chi connectivity index (χ4v) is 5.18. The second-order valence-electron chi connectivity index (χ2n) is 7.63. The summed E-state index contributed by atoms with van der Waals surface area (Å²) >= 11 is 0. The van der Waals surface area contributed by atoms with Crippen molar-refractivity contribution in [1.82, 2.24) is 19.5 Å². The van der Waals surface area contributed by atoms with E-state index in [1.165, 1.54) is 6.07 Å². The fraction of sp³-hybridized carbons (Fsp3) is 0.450. The number of likely N-dealkylation sites (tertiary alicyclic amines) is 1. The summed E-state index contributed by atoms with van der Waals surface area (Å²) in [6, 6.07) is 12.5. The number of ether oxygens (including phenoxy) is 1. The molecule has 29 heavy (non-hydrogen) atoms. The van der Waals surface area contributed by atoms with Crippen LogP contribution < -0.4 is 9.46 Å². The smallest absolute Gasteiger partial charge is 0.244 e. The summed E-state index contributed by atoms with van der Waals surface area (Å²) in [6.07, 6.45) is 0.732. The molecule has 0 radical (unpaired) electrons. The van der Waals surface area contributed by atoms with Gasteiger partial charge in [-0.2, -0.15) is 0 Å². The zero-order valence-electron chi connectivity index (χ0n) is 16.3. The van der Waals surface area contributed by atoms with Crippen molar-refractivity contribution in [2.75, 3.05) is 33.2 Å². The van der Waals surface area contributed by atoms with Gasteiger partial charge in [-0.25, -0.2) is 13.1 Å². The van der Waals surface area contributed by atoms with E-state index in [9.17, 15) is 13.5 Å². The molecule has 2 aromatic rings. The standard InChI is InChI=1S/C20H26N4O4S/c1-23-12-16(25)10-22-29(26,27)20-8-3-2-7-18(20)28-19-14-24(13-17(19)23)11-15-6-4-5-9-21-15/h2-9,16-17,19,22,25H,10-14H2,1H3/t16-,17+,19-/m0/s1. The number of fused-ring (bicyclic) bond motifs is 2. The highest BCUT2D eigenvalue weighted by Gasteiger charge is 2.39. The maximum absolute atomic E-state index is 12.7. The number of nitrogens with zero attached hydrogens (tertiary/aromatic N) is 3. The first-order valence-corrected chi connectivity index (χ1v) is 11.2. The number of β-amino-alcohol motifs (C(OH)–C–C–N with tert-alkyl or cyclic N) is 1. The molecule has 0 bridgehead atoms. The van der Waals surface area contributed by atoms with Gasteiger partial charge in [0, 0.05) is 38.9 Å². The molecule has 3 heterocycles. The quantitative estimate of drug-likeness (QED) is 0.724. The summed E-state index contributed by atoms with van der Waals surface area (Å²) < 4.78 is 34.2. The van der Waals surface area contributed by atoms with Crippen LogP contribution in [-0.2, 0) is 16.6 Å². The minimum absolute atomic E-state index is 0.0159. The first-order valence-electron chi connectivity index (χ1n) is 9.68. The average molecular weight is 419 g/mol.